The molecule has 1 amide bonds. The summed E-state index contributed by atoms with van der Waals surface area (Å²) in [6.45, 7) is 1.63. The lowest BCUT2D eigenvalue weighted by atomic mass is 10.0. The average molecular weight is 161 g/mol. The summed E-state index contributed by atoms with van der Waals surface area (Å²) in [7, 11) is 0. The molecule has 62 valence electrons. The Morgan fingerprint density at radius 3 is 2.00 bits per heavy atom. The number of primary amides is 1. The van der Waals surface area contributed by atoms with E-state index in [2.05, 4.69) is 11.8 Å². The van der Waals surface area contributed by atoms with Gasteiger partial charge in [0.05, 0.1) is 0 Å². The fourth-order valence-electron chi connectivity index (χ4n) is 0.748. The Kier molecular flexibility index (Phi) is 4.34. The zero-order valence-corrected chi connectivity index (χ0v) is 7.05. The normalized spacial score (nSPS) is 7.92. The van der Waals surface area contributed by atoms with Crippen molar-refractivity contribution in [1.29, 1.82) is 0 Å². The number of carbonyl (C=O) groups is 1. The number of nitrogens with two attached hydrogens (primary N) is 1. The van der Waals surface area contributed by atoms with Gasteiger partial charge in [-0.2, -0.15) is 0 Å². The van der Waals surface area contributed by atoms with Crippen molar-refractivity contribution in [2.24, 2.45) is 5.73 Å². The van der Waals surface area contributed by atoms with E-state index in [1.54, 1.807) is 6.92 Å². The monoisotopic (exact) mass is 161 g/mol. The van der Waals surface area contributed by atoms with E-state index in [1.165, 1.54) is 0 Å². The minimum Gasteiger partial charge on any atom is -0.366 e. The highest BCUT2D eigenvalue weighted by Crippen LogP contribution is 2.11. The molecule has 2 N–H and O–H groups in total. The van der Waals surface area contributed by atoms with Gasteiger partial charge in [-0.1, -0.05) is 0 Å². The molecule has 0 aliphatic carbocycles. The zero-order valence-electron chi connectivity index (χ0n) is 7.05. The van der Waals surface area contributed by atoms with Crippen LogP contribution in [0.1, 0.15) is 19.8 Å². The van der Waals surface area contributed by atoms with Crippen LogP contribution < -0.4 is 5.73 Å². The Hall–Kier alpha value is -1.67. The molecule has 0 spiro atoms. The van der Waals surface area contributed by atoms with E-state index in [1.807, 2.05) is 0 Å². The van der Waals surface area contributed by atoms with E-state index in [-0.39, 0.29) is 0 Å². The molecule has 0 aliphatic heterocycles. The quantitative estimate of drug-likeness (QED) is 0.483. The zero-order chi connectivity index (χ0) is 9.56. The molecule has 0 atom stereocenters. The minimum absolute atomic E-state index is 0.388. The van der Waals surface area contributed by atoms with E-state index in [0.717, 1.165) is 5.57 Å². The van der Waals surface area contributed by atoms with Gasteiger partial charge in [0.1, 0.15) is 0 Å². The number of carbonyl (C=O) groups excluding carboxylic acids is 1. The highest BCUT2D eigenvalue weighted by Gasteiger charge is 2.04. The van der Waals surface area contributed by atoms with Crippen LogP contribution in [-0.4, -0.2) is 5.91 Å². The van der Waals surface area contributed by atoms with Gasteiger partial charge in [0.25, 0.3) is 0 Å². The minimum atomic E-state index is -0.462. The summed E-state index contributed by atoms with van der Waals surface area (Å²) >= 11 is 0. The van der Waals surface area contributed by atoms with Gasteiger partial charge in [-0.05, 0) is 12.5 Å². The summed E-state index contributed by atoms with van der Waals surface area (Å²) in [5.74, 6) is 4.39. The lowest BCUT2D eigenvalue weighted by Crippen LogP contribution is -2.13. The van der Waals surface area contributed by atoms with Crippen LogP contribution in [0.2, 0.25) is 0 Å². The van der Waals surface area contributed by atoms with Gasteiger partial charge in [0, 0.05) is 18.4 Å². The molecular weight excluding hydrogens is 150 g/mol. The standard InChI is InChI=1S/C10H11NO/c1-4-6-9(7-5-2)8(3)10(11)12/h1-2H,6-7H2,3H3,(H2,11,12). The van der Waals surface area contributed by atoms with Crippen molar-refractivity contribution < 1.29 is 4.79 Å². The average Bonchev–Trinajstić information content (AvgIpc) is 2.03. The molecule has 0 fully saturated rings. The predicted molar refractivity (Wildman–Crippen MR) is 48.8 cm³/mol. The molecule has 0 heterocycles. The van der Waals surface area contributed by atoms with Gasteiger partial charge in [0.2, 0.25) is 5.91 Å². The van der Waals surface area contributed by atoms with Crippen LogP contribution in [0, 0.1) is 24.7 Å². The van der Waals surface area contributed by atoms with Crippen LogP contribution >= 0.6 is 0 Å². The molecular formula is C10H11NO. The van der Waals surface area contributed by atoms with Crippen molar-refractivity contribution in [3.05, 3.63) is 11.1 Å². The lowest BCUT2D eigenvalue weighted by molar-refractivity contribution is -0.114. The van der Waals surface area contributed by atoms with Crippen molar-refractivity contribution in [2.45, 2.75) is 19.8 Å². The van der Waals surface area contributed by atoms with Crippen molar-refractivity contribution in [1.82, 2.24) is 0 Å². The Balaban J connectivity index is 4.72. The summed E-state index contributed by atoms with van der Waals surface area (Å²) in [5.41, 5.74) is 6.30. The molecule has 0 saturated heterocycles. The first-order valence-corrected chi connectivity index (χ1v) is 3.48. The van der Waals surface area contributed by atoms with Gasteiger partial charge in [-0.3, -0.25) is 4.79 Å². The Labute approximate surface area is 72.8 Å². The van der Waals surface area contributed by atoms with Gasteiger partial charge in [-0.15, -0.1) is 24.7 Å². The van der Waals surface area contributed by atoms with E-state index < -0.39 is 5.91 Å². The number of allylic oxidation sites excluding steroid dienone is 1. The maximum Gasteiger partial charge on any atom is 0.244 e. The summed E-state index contributed by atoms with van der Waals surface area (Å²) in [4.78, 5) is 10.7. The van der Waals surface area contributed by atoms with E-state index >= 15 is 0 Å². The molecule has 0 aliphatic rings. The number of rotatable bonds is 3. The van der Waals surface area contributed by atoms with Crippen LogP contribution in [0.3, 0.4) is 0 Å². The second kappa shape index (κ2) is 5.04. The Bertz CT molecular complexity index is 268. The van der Waals surface area contributed by atoms with Crippen molar-refractivity contribution >= 4 is 5.91 Å². The number of hydrogen-bond donors (Lipinski definition) is 1. The van der Waals surface area contributed by atoms with E-state index in [0.29, 0.717) is 18.4 Å². The molecule has 0 unspecified atom stereocenters. The molecule has 12 heavy (non-hydrogen) atoms. The molecule has 0 aromatic carbocycles. The Morgan fingerprint density at radius 2 is 1.75 bits per heavy atom. The molecule has 0 rings (SSSR count). The fraction of sp³-hybridized carbons (Fsp3) is 0.300. The predicted octanol–water partition coefficient (Wildman–Crippen LogP) is 0.835. The highest BCUT2D eigenvalue weighted by molar-refractivity contribution is 5.92. The van der Waals surface area contributed by atoms with E-state index in [9.17, 15) is 4.79 Å². The smallest absolute Gasteiger partial charge is 0.244 e. The van der Waals surface area contributed by atoms with Crippen molar-refractivity contribution in [3.8, 4) is 24.7 Å². The topological polar surface area (TPSA) is 43.1 Å². The summed E-state index contributed by atoms with van der Waals surface area (Å²) in [6.07, 6.45) is 11.0. The third-order valence-electron chi connectivity index (χ3n) is 1.53. The highest BCUT2D eigenvalue weighted by atomic mass is 16.1. The third kappa shape index (κ3) is 2.94. The number of hydrogen-bond acceptors (Lipinski definition) is 1. The number of terminal acetylenes is 2. The first-order chi connectivity index (χ1) is 5.63. The maximum atomic E-state index is 10.7. The molecule has 2 heteroatoms. The van der Waals surface area contributed by atoms with Crippen LogP contribution in [-0.2, 0) is 4.79 Å². The molecule has 2 nitrogen and oxygen atoms in total. The van der Waals surface area contributed by atoms with Crippen LogP contribution in [0.5, 0.6) is 0 Å². The molecule has 0 aromatic rings. The summed E-state index contributed by atoms with van der Waals surface area (Å²) in [5, 5.41) is 0. The lowest BCUT2D eigenvalue weighted by Gasteiger charge is -2.02. The molecule has 0 radical (unpaired) electrons. The number of amides is 1. The van der Waals surface area contributed by atoms with Gasteiger partial charge < -0.3 is 5.73 Å². The molecule has 0 bridgehead atoms. The second-order valence-corrected chi connectivity index (χ2v) is 2.35. The first kappa shape index (κ1) is 10.3. The molecule has 0 aromatic heterocycles. The van der Waals surface area contributed by atoms with Gasteiger partial charge in [-0.25, -0.2) is 0 Å². The SMILES string of the molecule is C#CCC(CC#C)=C(C)C(N)=O. The summed E-state index contributed by atoms with van der Waals surface area (Å²) < 4.78 is 0. The van der Waals surface area contributed by atoms with Crippen LogP contribution in [0.4, 0.5) is 0 Å². The maximum absolute atomic E-state index is 10.7. The first-order valence-electron chi connectivity index (χ1n) is 3.48. The third-order valence-corrected chi connectivity index (χ3v) is 1.53. The van der Waals surface area contributed by atoms with Gasteiger partial charge >= 0.3 is 0 Å². The van der Waals surface area contributed by atoms with Crippen molar-refractivity contribution in [3.63, 3.8) is 0 Å². The second-order valence-electron chi connectivity index (χ2n) is 2.35. The Morgan fingerprint density at radius 1 is 1.33 bits per heavy atom. The largest absolute Gasteiger partial charge is 0.366 e. The summed E-state index contributed by atoms with van der Waals surface area (Å²) in [6, 6.07) is 0. The van der Waals surface area contributed by atoms with Crippen LogP contribution in [0.15, 0.2) is 11.1 Å². The van der Waals surface area contributed by atoms with E-state index in [4.69, 9.17) is 18.6 Å². The van der Waals surface area contributed by atoms with Crippen LogP contribution in [0.25, 0.3) is 0 Å². The van der Waals surface area contributed by atoms with Gasteiger partial charge in [0.15, 0.2) is 0 Å². The van der Waals surface area contributed by atoms with Crippen molar-refractivity contribution in [2.75, 3.05) is 0 Å². The molecule has 0 saturated carbocycles. The fourth-order valence-corrected chi connectivity index (χ4v) is 0.748.